The van der Waals surface area contributed by atoms with Gasteiger partial charge >= 0.3 is 11.9 Å². The number of rotatable bonds is 5. The lowest BCUT2D eigenvalue weighted by molar-refractivity contribution is -0.173. The van der Waals surface area contributed by atoms with E-state index in [0.29, 0.717) is 16.7 Å². The molecule has 35 heavy (non-hydrogen) atoms. The molecule has 1 unspecified atom stereocenters. The lowest BCUT2D eigenvalue weighted by Crippen LogP contribution is -2.63. The fourth-order valence-electron chi connectivity index (χ4n) is 5.28. The first-order valence-electron chi connectivity index (χ1n) is 11.1. The number of ether oxygens (including phenoxy) is 2. The zero-order chi connectivity index (χ0) is 24.6. The molecule has 11 heteroatoms. The average molecular weight is 512 g/mol. The summed E-state index contributed by atoms with van der Waals surface area (Å²) in [4.78, 5) is 46.4. The molecular formula is C24H21N3O6S2. The Labute approximate surface area is 208 Å². The van der Waals surface area contributed by atoms with Crippen LogP contribution in [0, 0.1) is 11.8 Å². The van der Waals surface area contributed by atoms with Gasteiger partial charge in [-0.15, -0.1) is 23.1 Å². The standard InChI is InChI=1S/C24H21N3O6S2/c1-10-15(14-8-26-9-25-19(34-3)21(26)35-14)18(27-17(10)16(11(2)28)20(27)29)23(31)33-24-13-7-5-4-6-12(13)22(30)32-24/h4-11,16-17,24,28H,1-3H3/t10-,11+,16+,17+,24?/m0/s1. The molecule has 5 atom stereocenters. The lowest BCUT2D eigenvalue weighted by atomic mass is 9.77. The molecule has 0 aliphatic carbocycles. The molecule has 2 aromatic heterocycles. The van der Waals surface area contributed by atoms with Gasteiger partial charge in [0.1, 0.15) is 21.9 Å². The highest BCUT2D eigenvalue weighted by Crippen LogP contribution is 2.52. The molecule has 3 aliphatic heterocycles. The number of nitrogens with zero attached hydrogens (tertiary/aromatic N) is 3. The number of thiazole rings is 1. The maximum absolute atomic E-state index is 13.6. The van der Waals surface area contributed by atoms with Crippen LogP contribution >= 0.6 is 23.1 Å². The van der Waals surface area contributed by atoms with Gasteiger partial charge in [-0.25, -0.2) is 14.6 Å². The SMILES string of the molecule is CSc1ncn2cc(C3=C(C(=O)OC4OC(=O)c5ccccc54)N4C(=O)[C@H]([C@@H](C)O)[C@H]4[C@H]3C)sc12. The van der Waals surface area contributed by atoms with E-state index in [9.17, 15) is 19.5 Å². The minimum Gasteiger partial charge on any atom is -0.417 e. The first kappa shape index (κ1) is 22.3. The first-order valence-corrected chi connectivity index (χ1v) is 13.1. The van der Waals surface area contributed by atoms with Gasteiger partial charge in [0.2, 0.25) is 5.91 Å². The lowest BCUT2D eigenvalue weighted by Gasteiger charge is -2.46. The summed E-state index contributed by atoms with van der Waals surface area (Å²) in [5.74, 6) is -2.46. The van der Waals surface area contributed by atoms with Gasteiger partial charge in [-0.1, -0.05) is 25.1 Å². The molecule has 1 fully saturated rings. The van der Waals surface area contributed by atoms with E-state index >= 15 is 0 Å². The van der Waals surface area contributed by atoms with Crippen LogP contribution in [0.15, 0.2) is 47.5 Å². The topological polar surface area (TPSA) is 110 Å². The van der Waals surface area contributed by atoms with Crippen LogP contribution in [0.1, 0.15) is 40.9 Å². The molecule has 3 aromatic rings. The second-order valence-electron chi connectivity index (χ2n) is 8.81. The van der Waals surface area contributed by atoms with Gasteiger partial charge in [-0.2, -0.15) is 0 Å². The van der Waals surface area contributed by atoms with Crippen molar-refractivity contribution in [3.05, 3.63) is 58.5 Å². The van der Waals surface area contributed by atoms with Crippen LogP contribution in [0.25, 0.3) is 10.4 Å². The Balaban J connectivity index is 1.43. The molecule has 9 nitrogen and oxygen atoms in total. The number of aliphatic hydroxyl groups is 1. The molecule has 0 saturated carbocycles. The highest BCUT2D eigenvalue weighted by molar-refractivity contribution is 7.98. The highest BCUT2D eigenvalue weighted by atomic mass is 32.2. The Bertz CT molecular complexity index is 1440. The quantitative estimate of drug-likeness (QED) is 0.316. The van der Waals surface area contributed by atoms with Crippen LogP contribution in [0.2, 0.25) is 0 Å². The van der Waals surface area contributed by atoms with E-state index in [1.807, 2.05) is 23.8 Å². The van der Waals surface area contributed by atoms with Crippen LogP contribution in [0.4, 0.5) is 0 Å². The van der Waals surface area contributed by atoms with Gasteiger partial charge in [0.15, 0.2) is 0 Å². The molecule has 1 aromatic carbocycles. The van der Waals surface area contributed by atoms with Gasteiger partial charge < -0.3 is 19.5 Å². The third-order valence-electron chi connectivity index (χ3n) is 6.87. The monoisotopic (exact) mass is 511 g/mol. The number of thioether (sulfide) groups is 1. The van der Waals surface area contributed by atoms with Crippen molar-refractivity contribution in [3.8, 4) is 0 Å². The number of β-lactam (4-membered cyclic amide) rings is 1. The molecule has 0 radical (unpaired) electrons. The van der Waals surface area contributed by atoms with E-state index < -0.39 is 30.3 Å². The summed E-state index contributed by atoms with van der Waals surface area (Å²) >= 11 is 3.01. The fraction of sp³-hybridized carbons (Fsp3) is 0.333. The molecule has 1 saturated heterocycles. The molecular weight excluding hydrogens is 490 g/mol. The van der Waals surface area contributed by atoms with Crippen LogP contribution < -0.4 is 0 Å². The van der Waals surface area contributed by atoms with Crippen molar-refractivity contribution in [2.75, 3.05) is 6.26 Å². The van der Waals surface area contributed by atoms with Crippen molar-refractivity contribution >= 4 is 51.3 Å². The minimum absolute atomic E-state index is 0.132. The molecule has 1 amide bonds. The molecule has 3 aliphatic rings. The number of amides is 1. The van der Waals surface area contributed by atoms with E-state index in [0.717, 1.165) is 14.7 Å². The summed E-state index contributed by atoms with van der Waals surface area (Å²) in [6, 6.07) is 6.36. The second-order valence-corrected chi connectivity index (χ2v) is 10.6. The molecule has 5 heterocycles. The Kier molecular flexibility index (Phi) is 5.06. The highest BCUT2D eigenvalue weighted by Gasteiger charge is 2.60. The van der Waals surface area contributed by atoms with E-state index in [4.69, 9.17) is 9.47 Å². The average Bonchev–Trinajstić information content (AvgIpc) is 3.54. The maximum Gasteiger partial charge on any atom is 0.358 e. The summed E-state index contributed by atoms with van der Waals surface area (Å²) in [7, 11) is 0. The maximum atomic E-state index is 13.6. The number of aliphatic hydroxyl groups excluding tert-OH is 1. The van der Waals surface area contributed by atoms with E-state index in [2.05, 4.69) is 4.98 Å². The van der Waals surface area contributed by atoms with Crippen molar-refractivity contribution in [2.24, 2.45) is 11.8 Å². The fourth-order valence-corrected chi connectivity index (χ4v) is 7.20. The van der Waals surface area contributed by atoms with Crippen molar-refractivity contribution in [3.63, 3.8) is 0 Å². The number of cyclic esters (lactones) is 1. The number of carbonyl (C=O) groups is 3. The Morgan fingerprint density at radius 2 is 2.09 bits per heavy atom. The first-order chi connectivity index (χ1) is 16.8. The summed E-state index contributed by atoms with van der Waals surface area (Å²) < 4.78 is 12.9. The van der Waals surface area contributed by atoms with Gasteiger partial charge in [-0.3, -0.25) is 9.20 Å². The normalized spacial score (nSPS) is 26.0. The van der Waals surface area contributed by atoms with Gasteiger partial charge in [0.05, 0.1) is 28.5 Å². The third kappa shape index (κ3) is 3.11. The van der Waals surface area contributed by atoms with Gasteiger partial charge in [-0.05, 0) is 19.2 Å². The molecule has 6 rings (SSSR count). The molecule has 180 valence electrons. The van der Waals surface area contributed by atoms with Crippen molar-refractivity contribution in [2.45, 2.75) is 37.3 Å². The van der Waals surface area contributed by atoms with Crippen molar-refractivity contribution in [1.82, 2.24) is 14.3 Å². The number of aromatic nitrogens is 2. The Morgan fingerprint density at radius 3 is 2.83 bits per heavy atom. The molecule has 0 spiro atoms. The van der Waals surface area contributed by atoms with Crippen molar-refractivity contribution in [1.29, 1.82) is 0 Å². The van der Waals surface area contributed by atoms with Crippen LogP contribution in [0.5, 0.6) is 0 Å². The van der Waals surface area contributed by atoms with Crippen LogP contribution in [-0.2, 0) is 19.1 Å². The number of carbonyl (C=O) groups excluding carboxylic acids is 3. The minimum atomic E-state index is -1.19. The number of esters is 2. The predicted octanol–water partition coefficient (Wildman–Crippen LogP) is 3.10. The summed E-state index contributed by atoms with van der Waals surface area (Å²) in [5.41, 5.74) is 1.62. The smallest absolute Gasteiger partial charge is 0.358 e. The zero-order valence-corrected chi connectivity index (χ0v) is 20.6. The molecule has 0 bridgehead atoms. The number of hydrogen-bond acceptors (Lipinski definition) is 9. The Morgan fingerprint density at radius 1 is 1.31 bits per heavy atom. The number of fused-ring (bicyclic) bond motifs is 3. The number of imidazole rings is 1. The summed E-state index contributed by atoms with van der Waals surface area (Å²) in [5, 5.41) is 11.1. The van der Waals surface area contributed by atoms with E-state index in [1.165, 1.54) is 28.0 Å². The number of hydrogen-bond donors (Lipinski definition) is 1. The van der Waals surface area contributed by atoms with E-state index in [-0.39, 0.29) is 23.6 Å². The largest absolute Gasteiger partial charge is 0.417 e. The van der Waals surface area contributed by atoms with E-state index in [1.54, 1.807) is 37.5 Å². The summed E-state index contributed by atoms with van der Waals surface area (Å²) in [6.07, 6.45) is 3.51. The Hall–Kier alpha value is -3.15. The summed E-state index contributed by atoms with van der Waals surface area (Å²) in [6.45, 7) is 3.53. The van der Waals surface area contributed by atoms with Crippen LogP contribution in [0.3, 0.4) is 0 Å². The molecule has 1 N–H and O–H groups in total. The second kappa shape index (κ2) is 7.94. The third-order valence-corrected chi connectivity index (χ3v) is 8.82. The van der Waals surface area contributed by atoms with Crippen molar-refractivity contribution < 1.29 is 29.0 Å². The van der Waals surface area contributed by atoms with Gasteiger partial charge in [0, 0.05) is 23.3 Å². The van der Waals surface area contributed by atoms with Crippen LogP contribution in [-0.4, -0.2) is 55.6 Å². The zero-order valence-electron chi connectivity index (χ0n) is 19.0. The number of benzene rings is 1. The predicted molar refractivity (Wildman–Crippen MR) is 127 cm³/mol. The van der Waals surface area contributed by atoms with Gasteiger partial charge in [0.25, 0.3) is 6.29 Å².